The SMILES string of the molecule is CCCNC(CCN(C)C1CCSC1)c1ccc(Cl)cc1. The molecule has 0 radical (unpaired) electrons. The van der Waals surface area contributed by atoms with Crippen LogP contribution >= 0.6 is 23.4 Å². The van der Waals surface area contributed by atoms with Gasteiger partial charge in [-0.2, -0.15) is 11.8 Å². The van der Waals surface area contributed by atoms with Crippen molar-refractivity contribution in [3.05, 3.63) is 34.9 Å². The summed E-state index contributed by atoms with van der Waals surface area (Å²) in [6.07, 6.45) is 3.66. The minimum atomic E-state index is 0.429. The Balaban J connectivity index is 1.90. The Morgan fingerprint density at radius 3 is 2.76 bits per heavy atom. The molecule has 21 heavy (non-hydrogen) atoms. The molecule has 1 aliphatic heterocycles. The summed E-state index contributed by atoms with van der Waals surface area (Å²) in [6, 6.07) is 9.50. The molecule has 0 aromatic heterocycles. The summed E-state index contributed by atoms with van der Waals surface area (Å²) < 4.78 is 0. The van der Waals surface area contributed by atoms with E-state index in [9.17, 15) is 0 Å². The van der Waals surface area contributed by atoms with Crippen LogP contribution in [-0.2, 0) is 0 Å². The van der Waals surface area contributed by atoms with E-state index in [1.165, 1.54) is 29.9 Å². The lowest BCUT2D eigenvalue weighted by molar-refractivity contribution is 0.246. The fourth-order valence-electron chi connectivity index (χ4n) is 2.79. The van der Waals surface area contributed by atoms with Crippen LogP contribution in [0.5, 0.6) is 0 Å². The van der Waals surface area contributed by atoms with Crippen LogP contribution < -0.4 is 5.32 Å². The molecule has 1 saturated heterocycles. The third kappa shape index (κ3) is 5.48. The first-order chi connectivity index (χ1) is 10.2. The monoisotopic (exact) mass is 326 g/mol. The number of hydrogen-bond donors (Lipinski definition) is 1. The van der Waals surface area contributed by atoms with E-state index in [0.29, 0.717) is 6.04 Å². The van der Waals surface area contributed by atoms with Crippen LogP contribution in [0.1, 0.15) is 37.8 Å². The van der Waals surface area contributed by atoms with Crippen molar-refractivity contribution >= 4 is 23.4 Å². The van der Waals surface area contributed by atoms with E-state index in [-0.39, 0.29) is 0 Å². The molecule has 1 N–H and O–H groups in total. The minimum Gasteiger partial charge on any atom is -0.310 e. The highest BCUT2D eigenvalue weighted by molar-refractivity contribution is 7.99. The van der Waals surface area contributed by atoms with Crippen molar-refractivity contribution in [2.75, 3.05) is 31.6 Å². The molecule has 2 atom stereocenters. The fraction of sp³-hybridized carbons (Fsp3) is 0.647. The maximum atomic E-state index is 6.00. The van der Waals surface area contributed by atoms with E-state index in [2.05, 4.69) is 48.1 Å². The van der Waals surface area contributed by atoms with Gasteiger partial charge >= 0.3 is 0 Å². The van der Waals surface area contributed by atoms with Gasteiger partial charge in [0.1, 0.15) is 0 Å². The topological polar surface area (TPSA) is 15.3 Å². The van der Waals surface area contributed by atoms with Crippen LogP contribution in [0.3, 0.4) is 0 Å². The number of halogens is 1. The summed E-state index contributed by atoms with van der Waals surface area (Å²) in [6.45, 7) is 4.43. The summed E-state index contributed by atoms with van der Waals surface area (Å²) in [5.74, 6) is 2.62. The van der Waals surface area contributed by atoms with Crippen molar-refractivity contribution in [2.24, 2.45) is 0 Å². The second-order valence-corrected chi connectivity index (χ2v) is 7.43. The van der Waals surface area contributed by atoms with E-state index in [1.807, 2.05) is 12.1 Å². The van der Waals surface area contributed by atoms with Crippen LogP contribution in [0.2, 0.25) is 5.02 Å². The van der Waals surface area contributed by atoms with Crippen LogP contribution in [0.25, 0.3) is 0 Å². The molecule has 118 valence electrons. The lowest BCUT2D eigenvalue weighted by atomic mass is 10.0. The summed E-state index contributed by atoms with van der Waals surface area (Å²) in [5.41, 5.74) is 1.35. The Bertz CT molecular complexity index is 404. The van der Waals surface area contributed by atoms with Gasteiger partial charge in [0.25, 0.3) is 0 Å². The molecule has 1 heterocycles. The molecule has 4 heteroatoms. The Hall–Kier alpha value is -0.220. The summed E-state index contributed by atoms with van der Waals surface area (Å²) in [5, 5.41) is 4.49. The number of nitrogens with zero attached hydrogens (tertiary/aromatic N) is 1. The van der Waals surface area contributed by atoms with Crippen molar-refractivity contribution in [1.29, 1.82) is 0 Å². The highest BCUT2D eigenvalue weighted by Crippen LogP contribution is 2.24. The average molecular weight is 327 g/mol. The zero-order valence-corrected chi connectivity index (χ0v) is 14.7. The quantitative estimate of drug-likeness (QED) is 0.770. The van der Waals surface area contributed by atoms with Gasteiger partial charge in [-0.1, -0.05) is 30.7 Å². The number of hydrogen-bond acceptors (Lipinski definition) is 3. The van der Waals surface area contributed by atoms with Gasteiger partial charge in [0, 0.05) is 22.9 Å². The number of benzene rings is 1. The fourth-order valence-corrected chi connectivity index (χ4v) is 4.21. The van der Waals surface area contributed by atoms with E-state index in [0.717, 1.165) is 30.6 Å². The number of nitrogens with one attached hydrogen (secondary N) is 1. The van der Waals surface area contributed by atoms with E-state index >= 15 is 0 Å². The van der Waals surface area contributed by atoms with Crippen LogP contribution in [0.15, 0.2) is 24.3 Å². The highest BCUT2D eigenvalue weighted by atomic mass is 35.5. The third-order valence-electron chi connectivity index (χ3n) is 4.21. The molecule has 2 unspecified atom stereocenters. The molecule has 2 nitrogen and oxygen atoms in total. The second-order valence-electron chi connectivity index (χ2n) is 5.84. The van der Waals surface area contributed by atoms with Crippen molar-refractivity contribution in [1.82, 2.24) is 10.2 Å². The van der Waals surface area contributed by atoms with Gasteiger partial charge in [0.2, 0.25) is 0 Å². The second kappa shape index (κ2) is 9.04. The highest BCUT2D eigenvalue weighted by Gasteiger charge is 2.21. The summed E-state index contributed by atoms with van der Waals surface area (Å²) in [4.78, 5) is 2.54. The molecule has 1 fully saturated rings. The predicted octanol–water partition coefficient (Wildman–Crippen LogP) is 4.21. The van der Waals surface area contributed by atoms with Crippen LogP contribution in [-0.4, -0.2) is 42.6 Å². The summed E-state index contributed by atoms with van der Waals surface area (Å²) in [7, 11) is 2.27. The third-order valence-corrected chi connectivity index (χ3v) is 5.61. The molecule has 1 aromatic carbocycles. The van der Waals surface area contributed by atoms with Gasteiger partial charge in [0.15, 0.2) is 0 Å². The zero-order chi connectivity index (χ0) is 15.1. The number of thioether (sulfide) groups is 1. The lowest BCUT2D eigenvalue weighted by Gasteiger charge is -2.27. The summed E-state index contributed by atoms with van der Waals surface area (Å²) >= 11 is 8.09. The van der Waals surface area contributed by atoms with Crippen LogP contribution in [0.4, 0.5) is 0 Å². The lowest BCUT2D eigenvalue weighted by Crippen LogP contribution is -2.34. The van der Waals surface area contributed by atoms with Gasteiger partial charge in [-0.3, -0.25) is 0 Å². The van der Waals surface area contributed by atoms with Crippen molar-refractivity contribution in [2.45, 2.75) is 38.3 Å². The zero-order valence-electron chi connectivity index (χ0n) is 13.1. The van der Waals surface area contributed by atoms with Gasteiger partial charge in [-0.25, -0.2) is 0 Å². The maximum absolute atomic E-state index is 6.00. The molecular formula is C17H27ClN2S. The standard InChI is InChI=1S/C17H27ClN2S/c1-3-10-19-17(14-4-6-15(18)7-5-14)8-11-20(2)16-9-12-21-13-16/h4-7,16-17,19H,3,8-13H2,1-2H3. The Morgan fingerprint density at radius 1 is 1.38 bits per heavy atom. The molecule has 2 rings (SSSR count). The molecule has 0 saturated carbocycles. The Kier molecular flexibility index (Phi) is 7.38. The number of rotatable bonds is 8. The molecule has 1 aliphatic rings. The van der Waals surface area contributed by atoms with Gasteiger partial charge < -0.3 is 10.2 Å². The first-order valence-corrected chi connectivity index (χ1v) is 9.50. The van der Waals surface area contributed by atoms with E-state index < -0.39 is 0 Å². The molecule has 0 amide bonds. The normalized spacial score (nSPS) is 20.1. The molecule has 1 aromatic rings. The Morgan fingerprint density at radius 2 is 2.14 bits per heavy atom. The van der Waals surface area contributed by atoms with Crippen molar-refractivity contribution in [3.63, 3.8) is 0 Å². The minimum absolute atomic E-state index is 0.429. The van der Waals surface area contributed by atoms with Gasteiger partial charge in [0.05, 0.1) is 0 Å². The average Bonchev–Trinajstić information content (AvgIpc) is 3.03. The first kappa shape index (κ1) is 17.1. The first-order valence-electron chi connectivity index (χ1n) is 7.97. The van der Waals surface area contributed by atoms with Gasteiger partial charge in [-0.05, 0) is 62.8 Å². The van der Waals surface area contributed by atoms with Crippen molar-refractivity contribution < 1.29 is 0 Å². The molecule has 0 bridgehead atoms. The van der Waals surface area contributed by atoms with E-state index in [4.69, 9.17) is 11.6 Å². The van der Waals surface area contributed by atoms with Crippen molar-refractivity contribution in [3.8, 4) is 0 Å². The smallest absolute Gasteiger partial charge is 0.0406 e. The Labute approximate surface area is 138 Å². The molecular weight excluding hydrogens is 300 g/mol. The molecule has 0 spiro atoms. The van der Waals surface area contributed by atoms with Crippen LogP contribution in [0, 0.1) is 0 Å². The van der Waals surface area contributed by atoms with E-state index in [1.54, 1.807) is 0 Å². The van der Waals surface area contributed by atoms with Gasteiger partial charge in [-0.15, -0.1) is 0 Å². The molecule has 0 aliphatic carbocycles. The maximum Gasteiger partial charge on any atom is 0.0406 e. The largest absolute Gasteiger partial charge is 0.310 e. The predicted molar refractivity (Wildman–Crippen MR) is 95.5 cm³/mol.